The van der Waals surface area contributed by atoms with Crippen molar-refractivity contribution in [2.24, 2.45) is 5.92 Å². The van der Waals surface area contributed by atoms with E-state index in [0.29, 0.717) is 40.3 Å². The topological polar surface area (TPSA) is 80.0 Å². The zero-order chi connectivity index (χ0) is 24.6. The van der Waals surface area contributed by atoms with Crippen LogP contribution in [0.1, 0.15) is 42.3 Å². The van der Waals surface area contributed by atoms with Crippen molar-refractivity contribution in [3.63, 3.8) is 0 Å². The Balaban J connectivity index is 1.82. The van der Waals surface area contributed by atoms with Gasteiger partial charge in [0.15, 0.2) is 0 Å². The number of benzene rings is 2. The smallest absolute Gasteiger partial charge is 0.300 e. The number of ether oxygens (including phenoxy) is 1. The summed E-state index contributed by atoms with van der Waals surface area (Å²) in [7, 11) is 0. The summed E-state index contributed by atoms with van der Waals surface area (Å²) >= 11 is 6.30. The molecule has 6 nitrogen and oxygen atoms in total. The molecule has 2 heterocycles. The number of hydrogen-bond acceptors (Lipinski definition) is 5. The van der Waals surface area contributed by atoms with Crippen LogP contribution in [-0.2, 0) is 9.59 Å². The highest BCUT2D eigenvalue weighted by atomic mass is 35.5. The predicted octanol–water partition coefficient (Wildman–Crippen LogP) is 6.21. The molecule has 1 aromatic heterocycles. The molecular weight excluding hydrogens is 454 g/mol. The van der Waals surface area contributed by atoms with Crippen molar-refractivity contribution in [3.8, 4) is 5.75 Å². The van der Waals surface area contributed by atoms with E-state index in [1.807, 2.05) is 13.8 Å². The highest BCUT2D eigenvalue weighted by Crippen LogP contribution is 2.43. The van der Waals surface area contributed by atoms with Crippen LogP contribution in [0.15, 0.2) is 64.8 Å². The molecule has 0 aliphatic carbocycles. The molecule has 1 fully saturated rings. The van der Waals surface area contributed by atoms with E-state index < -0.39 is 17.7 Å². The van der Waals surface area contributed by atoms with Crippen molar-refractivity contribution in [1.82, 2.24) is 0 Å². The van der Waals surface area contributed by atoms with Gasteiger partial charge >= 0.3 is 0 Å². The first kappa shape index (κ1) is 23.6. The summed E-state index contributed by atoms with van der Waals surface area (Å²) in [4.78, 5) is 27.6. The van der Waals surface area contributed by atoms with Gasteiger partial charge in [-0.3, -0.25) is 14.5 Å². The van der Waals surface area contributed by atoms with E-state index in [9.17, 15) is 14.7 Å². The molecule has 1 saturated heterocycles. The lowest BCUT2D eigenvalue weighted by atomic mass is 9.98. The van der Waals surface area contributed by atoms with Crippen LogP contribution in [0.2, 0.25) is 5.02 Å². The lowest BCUT2D eigenvalue weighted by Gasteiger charge is -2.24. The summed E-state index contributed by atoms with van der Waals surface area (Å²) in [6, 6.07) is 12.7. The molecule has 2 aromatic carbocycles. The van der Waals surface area contributed by atoms with Crippen molar-refractivity contribution in [1.29, 1.82) is 0 Å². The van der Waals surface area contributed by atoms with Crippen LogP contribution in [0.5, 0.6) is 5.75 Å². The second kappa shape index (κ2) is 9.39. The minimum absolute atomic E-state index is 0.0492. The van der Waals surface area contributed by atoms with Gasteiger partial charge in [-0.2, -0.15) is 0 Å². The van der Waals surface area contributed by atoms with Crippen molar-refractivity contribution >= 4 is 34.7 Å². The number of Topliss-reactive ketones (excluding diaryl/α,β-unsaturated/α-hetero) is 1. The van der Waals surface area contributed by atoms with Crippen molar-refractivity contribution in [3.05, 3.63) is 87.8 Å². The van der Waals surface area contributed by atoms with Crippen LogP contribution >= 0.6 is 11.6 Å². The second-order valence-electron chi connectivity index (χ2n) is 8.80. The summed E-state index contributed by atoms with van der Waals surface area (Å²) in [5, 5.41) is 11.7. The number of anilines is 1. The molecule has 1 aliphatic heterocycles. The third-order valence-electron chi connectivity index (χ3n) is 5.71. The monoisotopic (exact) mass is 479 g/mol. The van der Waals surface area contributed by atoms with Gasteiger partial charge in [-0.05, 0) is 73.4 Å². The summed E-state index contributed by atoms with van der Waals surface area (Å²) in [6.45, 7) is 8.40. The number of carbonyl (C=O) groups is 2. The molecule has 0 radical (unpaired) electrons. The highest BCUT2D eigenvalue weighted by Gasteiger charge is 2.48. The van der Waals surface area contributed by atoms with Gasteiger partial charge < -0.3 is 14.3 Å². The maximum Gasteiger partial charge on any atom is 0.300 e. The van der Waals surface area contributed by atoms with Gasteiger partial charge in [-0.15, -0.1) is 0 Å². The van der Waals surface area contributed by atoms with Gasteiger partial charge in [0.25, 0.3) is 11.7 Å². The van der Waals surface area contributed by atoms with Crippen LogP contribution in [0, 0.1) is 19.8 Å². The van der Waals surface area contributed by atoms with Crippen LogP contribution in [-0.4, -0.2) is 23.4 Å². The largest absolute Gasteiger partial charge is 0.507 e. The number of aryl methyl sites for hydroxylation is 2. The standard InChI is InChI=1S/C27H26ClNO5/c1-15(2)14-34-21-10-8-18(12-17(21)4)25(30)23-24(22-6-5-11-33-22)29(27(32)26(23)31)19-9-7-16(3)20(28)13-19/h5-13,15,24,30H,14H2,1-4H3/b25-23-. The number of nitrogens with zero attached hydrogens (tertiary/aromatic N) is 1. The second-order valence-corrected chi connectivity index (χ2v) is 9.21. The third-order valence-corrected chi connectivity index (χ3v) is 6.12. The lowest BCUT2D eigenvalue weighted by molar-refractivity contribution is -0.132. The predicted molar refractivity (Wildman–Crippen MR) is 131 cm³/mol. The molecule has 7 heteroatoms. The third kappa shape index (κ3) is 4.33. The quantitative estimate of drug-likeness (QED) is 0.258. The van der Waals surface area contributed by atoms with Crippen LogP contribution in [0.25, 0.3) is 5.76 Å². The number of halogens is 1. The van der Waals surface area contributed by atoms with Gasteiger partial charge in [0.1, 0.15) is 23.3 Å². The molecule has 34 heavy (non-hydrogen) atoms. The van der Waals surface area contributed by atoms with E-state index in [4.69, 9.17) is 20.8 Å². The Bertz CT molecular complexity index is 1280. The Kier molecular flexibility index (Phi) is 6.53. The average molecular weight is 480 g/mol. The van der Waals surface area contributed by atoms with Crippen molar-refractivity contribution < 1.29 is 23.8 Å². The Morgan fingerprint density at radius 2 is 1.88 bits per heavy atom. The number of ketones is 1. The number of aliphatic hydroxyl groups excluding tert-OH is 1. The van der Waals surface area contributed by atoms with Crippen molar-refractivity contribution in [2.45, 2.75) is 33.7 Å². The molecule has 4 rings (SSSR count). The van der Waals surface area contributed by atoms with Crippen LogP contribution in [0.3, 0.4) is 0 Å². The first-order valence-electron chi connectivity index (χ1n) is 11.0. The van der Waals surface area contributed by atoms with E-state index in [0.717, 1.165) is 11.1 Å². The minimum atomic E-state index is -0.939. The van der Waals surface area contributed by atoms with Crippen LogP contribution in [0.4, 0.5) is 5.69 Å². The molecule has 1 N–H and O–H groups in total. The molecular formula is C27H26ClNO5. The maximum absolute atomic E-state index is 13.2. The van der Waals surface area contributed by atoms with Crippen molar-refractivity contribution in [2.75, 3.05) is 11.5 Å². The van der Waals surface area contributed by atoms with Crippen LogP contribution < -0.4 is 9.64 Å². The summed E-state index contributed by atoms with van der Waals surface area (Å²) in [6.07, 6.45) is 1.46. The lowest BCUT2D eigenvalue weighted by Crippen LogP contribution is -2.29. The van der Waals surface area contributed by atoms with E-state index in [-0.39, 0.29) is 11.3 Å². The minimum Gasteiger partial charge on any atom is -0.507 e. The first-order valence-corrected chi connectivity index (χ1v) is 11.4. The number of carbonyl (C=O) groups excluding carboxylic acids is 2. The van der Waals surface area contributed by atoms with Gasteiger partial charge in [0.05, 0.1) is 18.4 Å². The Morgan fingerprint density at radius 3 is 2.50 bits per heavy atom. The van der Waals surface area contributed by atoms with Gasteiger partial charge in [0, 0.05) is 16.3 Å². The summed E-state index contributed by atoms with van der Waals surface area (Å²) in [5.41, 5.74) is 2.44. The first-order chi connectivity index (χ1) is 16.2. The van der Waals surface area contributed by atoms with Gasteiger partial charge in [-0.25, -0.2) is 0 Å². The summed E-state index contributed by atoms with van der Waals surface area (Å²) < 4.78 is 11.4. The molecule has 176 valence electrons. The van der Waals surface area contributed by atoms with Gasteiger partial charge in [0.2, 0.25) is 0 Å². The zero-order valence-corrected chi connectivity index (χ0v) is 20.2. The van der Waals surface area contributed by atoms with Gasteiger partial charge in [-0.1, -0.05) is 31.5 Å². The molecule has 1 aliphatic rings. The number of rotatable bonds is 6. The Hall–Kier alpha value is -3.51. The van der Waals surface area contributed by atoms with E-state index >= 15 is 0 Å². The number of hydrogen-bond donors (Lipinski definition) is 1. The molecule has 0 saturated carbocycles. The molecule has 0 bridgehead atoms. The zero-order valence-electron chi connectivity index (χ0n) is 19.5. The fourth-order valence-corrected chi connectivity index (χ4v) is 4.09. The van der Waals surface area contributed by atoms with E-state index in [2.05, 4.69) is 13.8 Å². The van der Waals surface area contributed by atoms with E-state index in [1.54, 1.807) is 48.5 Å². The average Bonchev–Trinajstić information content (AvgIpc) is 3.41. The SMILES string of the molecule is Cc1ccc(N2C(=O)C(=O)/C(=C(\O)c3ccc(OCC(C)C)c(C)c3)C2c2ccco2)cc1Cl. The fraction of sp³-hybridized carbons (Fsp3) is 0.259. The number of furan rings is 1. The molecule has 1 amide bonds. The molecule has 1 atom stereocenters. The molecule has 3 aromatic rings. The maximum atomic E-state index is 13.2. The fourth-order valence-electron chi connectivity index (χ4n) is 3.92. The highest BCUT2D eigenvalue weighted by molar-refractivity contribution is 6.51. The Morgan fingerprint density at radius 1 is 1.12 bits per heavy atom. The summed E-state index contributed by atoms with van der Waals surface area (Å²) in [5.74, 6) is -0.426. The Labute approximate surface area is 203 Å². The number of aliphatic hydroxyl groups is 1. The van der Waals surface area contributed by atoms with E-state index in [1.165, 1.54) is 11.2 Å². The normalized spacial score (nSPS) is 17.6. The number of amides is 1. The molecule has 1 unspecified atom stereocenters. The molecule has 0 spiro atoms.